The number of ether oxygens (including phenoxy) is 1. The van der Waals surface area contributed by atoms with E-state index in [1.165, 1.54) is 25.7 Å². The second-order valence-electron chi connectivity index (χ2n) is 4.23. The molecule has 0 fully saturated rings. The molecule has 0 aliphatic heterocycles. The van der Waals surface area contributed by atoms with Crippen molar-refractivity contribution in [3.63, 3.8) is 0 Å². The molecule has 2 nitrogen and oxygen atoms in total. The maximum Gasteiger partial charge on any atom is 0.0753 e. The summed E-state index contributed by atoms with van der Waals surface area (Å²) in [5.41, 5.74) is 5.46. The summed E-state index contributed by atoms with van der Waals surface area (Å²) in [7, 11) is 0. The fraction of sp³-hybridized carbons (Fsp3) is 0.917. The molecule has 0 spiro atoms. The van der Waals surface area contributed by atoms with Gasteiger partial charge in [-0.05, 0) is 19.3 Å². The molecule has 0 aromatic rings. The first kappa shape index (κ1) is 14.8. The Labute approximate surface area is 99.6 Å². The van der Waals surface area contributed by atoms with Crippen molar-refractivity contribution >= 4 is 17.2 Å². The molecule has 90 valence electrons. The molecule has 0 amide bonds. The number of rotatable bonds is 9. The van der Waals surface area contributed by atoms with Crippen LogP contribution in [0.4, 0.5) is 0 Å². The van der Waals surface area contributed by atoms with Crippen LogP contribution in [0.5, 0.6) is 0 Å². The fourth-order valence-electron chi connectivity index (χ4n) is 1.54. The van der Waals surface area contributed by atoms with Crippen molar-refractivity contribution in [3.8, 4) is 0 Å². The summed E-state index contributed by atoms with van der Waals surface area (Å²) in [6.07, 6.45) is 5.88. The van der Waals surface area contributed by atoms with Gasteiger partial charge in [-0.3, -0.25) is 0 Å². The van der Waals surface area contributed by atoms with Gasteiger partial charge in [0.05, 0.1) is 11.1 Å². The van der Waals surface area contributed by atoms with Gasteiger partial charge in [-0.2, -0.15) is 0 Å². The molecular weight excluding hydrogens is 206 g/mol. The Hall–Kier alpha value is -0.150. The molecule has 0 aromatic carbocycles. The third-order valence-corrected chi connectivity index (χ3v) is 2.82. The minimum atomic E-state index is 0.165. The molecular formula is C12H25NOS. The van der Waals surface area contributed by atoms with Crippen LogP contribution in [-0.4, -0.2) is 17.7 Å². The van der Waals surface area contributed by atoms with E-state index < -0.39 is 0 Å². The largest absolute Gasteiger partial charge is 0.393 e. The van der Waals surface area contributed by atoms with Gasteiger partial charge < -0.3 is 10.5 Å². The summed E-state index contributed by atoms with van der Waals surface area (Å²) in [6, 6.07) is 0. The summed E-state index contributed by atoms with van der Waals surface area (Å²) >= 11 is 4.85. The van der Waals surface area contributed by atoms with Gasteiger partial charge in [-0.1, -0.05) is 45.3 Å². The van der Waals surface area contributed by atoms with E-state index in [4.69, 9.17) is 22.7 Å². The van der Waals surface area contributed by atoms with Gasteiger partial charge in [0.25, 0.3) is 0 Å². The third kappa shape index (κ3) is 8.82. The Morgan fingerprint density at radius 2 is 2.07 bits per heavy atom. The van der Waals surface area contributed by atoms with E-state index in [9.17, 15) is 0 Å². The van der Waals surface area contributed by atoms with E-state index >= 15 is 0 Å². The first-order valence-electron chi connectivity index (χ1n) is 6.00. The summed E-state index contributed by atoms with van der Waals surface area (Å²) in [5, 5.41) is 0. The van der Waals surface area contributed by atoms with E-state index in [1.807, 2.05) is 6.92 Å². The lowest BCUT2D eigenvalue weighted by atomic mass is 10.0. The highest BCUT2D eigenvalue weighted by Crippen LogP contribution is 2.14. The van der Waals surface area contributed by atoms with Crippen LogP contribution in [0.15, 0.2) is 0 Å². The molecule has 2 unspecified atom stereocenters. The minimum Gasteiger partial charge on any atom is -0.393 e. The monoisotopic (exact) mass is 231 g/mol. The number of nitrogens with two attached hydrogens (primary N) is 1. The van der Waals surface area contributed by atoms with E-state index in [2.05, 4.69) is 13.8 Å². The summed E-state index contributed by atoms with van der Waals surface area (Å²) in [4.78, 5) is 0.545. The van der Waals surface area contributed by atoms with Gasteiger partial charge in [0.15, 0.2) is 0 Å². The highest BCUT2D eigenvalue weighted by Gasteiger charge is 2.09. The SMILES string of the molecule is CCCCC(CC)COC(C)CC(N)=S. The van der Waals surface area contributed by atoms with Crippen LogP contribution in [0.25, 0.3) is 0 Å². The van der Waals surface area contributed by atoms with Crippen LogP contribution >= 0.6 is 12.2 Å². The standard InChI is InChI=1S/C12H25NOS/c1-4-6-7-11(5-2)9-14-10(3)8-12(13)15/h10-11H,4-9H2,1-3H3,(H2,13,15). The van der Waals surface area contributed by atoms with E-state index in [0.29, 0.717) is 17.3 Å². The Bertz CT molecular complexity index is 173. The summed E-state index contributed by atoms with van der Waals surface area (Å²) < 4.78 is 5.74. The van der Waals surface area contributed by atoms with Crippen LogP contribution < -0.4 is 5.73 Å². The number of thiocarbonyl (C=S) groups is 1. The molecule has 0 radical (unpaired) electrons. The quantitative estimate of drug-likeness (QED) is 0.618. The van der Waals surface area contributed by atoms with Gasteiger partial charge in [0.2, 0.25) is 0 Å². The maximum absolute atomic E-state index is 5.74. The molecule has 0 aliphatic rings. The average molecular weight is 231 g/mol. The van der Waals surface area contributed by atoms with Crippen LogP contribution in [0, 0.1) is 5.92 Å². The van der Waals surface area contributed by atoms with Crippen LogP contribution in [-0.2, 0) is 4.74 Å². The molecule has 2 N–H and O–H groups in total. The molecule has 15 heavy (non-hydrogen) atoms. The van der Waals surface area contributed by atoms with Gasteiger partial charge in [0, 0.05) is 13.0 Å². The Morgan fingerprint density at radius 3 is 2.53 bits per heavy atom. The predicted molar refractivity (Wildman–Crippen MR) is 70.1 cm³/mol. The van der Waals surface area contributed by atoms with Crippen molar-refractivity contribution in [2.24, 2.45) is 11.7 Å². The zero-order valence-corrected chi connectivity index (χ0v) is 11.1. The Balaban J connectivity index is 3.64. The summed E-state index contributed by atoms with van der Waals surface area (Å²) in [6.45, 7) is 7.33. The molecule has 0 heterocycles. The highest BCUT2D eigenvalue weighted by molar-refractivity contribution is 7.80. The average Bonchev–Trinajstić information content (AvgIpc) is 2.17. The minimum absolute atomic E-state index is 0.165. The van der Waals surface area contributed by atoms with E-state index in [0.717, 1.165) is 6.61 Å². The first-order valence-corrected chi connectivity index (χ1v) is 6.40. The molecule has 2 atom stereocenters. The van der Waals surface area contributed by atoms with Crippen LogP contribution in [0.1, 0.15) is 52.9 Å². The van der Waals surface area contributed by atoms with Gasteiger partial charge in [0.1, 0.15) is 0 Å². The number of hydrogen-bond donors (Lipinski definition) is 1. The number of hydrogen-bond acceptors (Lipinski definition) is 2. The molecule has 0 saturated heterocycles. The lowest BCUT2D eigenvalue weighted by Crippen LogP contribution is -2.21. The molecule has 0 saturated carbocycles. The Kier molecular flexibility index (Phi) is 9.01. The molecule has 0 rings (SSSR count). The van der Waals surface area contributed by atoms with Crippen molar-refractivity contribution in [3.05, 3.63) is 0 Å². The van der Waals surface area contributed by atoms with Crippen LogP contribution in [0.3, 0.4) is 0 Å². The third-order valence-electron chi connectivity index (χ3n) is 2.65. The van der Waals surface area contributed by atoms with Gasteiger partial charge >= 0.3 is 0 Å². The van der Waals surface area contributed by atoms with E-state index in [1.54, 1.807) is 0 Å². The van der Waals surface area contributed by atoms with Crippen molar-refractivity contribution in [1.29, 1.82) is 0 Å². The predicted octanol–water partition coefficient (Wildman–Crippen LogP) is 3.28. The number of unbranched alkanes of at least 4 members (excludes halogenated alkanes) is 1. The highest BCUT2D eigenvalue weighted by atomic mass is 32.1. The molecule has 0 aromatic heterocycles. The normalized spacial score (nSPS) is 14.9. The summed E-state index contributed by atoms with van der Waals surface area (Å²) in [5.74, 6) is 0.693. The van der Waals surface area contributed by atoms with Crippen molar-refractivity contribution in [1.82, 2.24) is 0 Å². The lowest BCUT2D eigenvalue weighted by Gasteiger charge is -2.18. The topological polar surface area (TPSA) is 35.2 Å². The van der Waals surface area contributed by atoms with E-state index in [-0.39, 0.29) is 6.10 Å². The lowest BCUT2D eigenvalue weighted by molar-refractivity contribution is 0.0410. The van der Waals surface area contributed by atoms with Crippen molar-refractivity contribution < 1.29 is 4.74 Å². The second-order valence-corrected chi connectivity index (χ2v) is 4.76. The Morgan fingerprint density at radius 1 is 1.40 bits per heavy atom. The maximum atomic E-state index is 5.74. The van der Waals surface area contributed by atoms with Gasteiger partial charge in [-0.25, -0.2) is 0 Å². The second kappa shape index (κ2) is 9.10. The molecule has 0 aliphatic carbocycles. The van der Waals surface area contributed by atoms with Crippen molar-refractivity contribution in [2.75, 3.05) is 6.61 Å². The first-order chi connectivity index (χ1) is 7.10. The van der Waals surface area contributed by atoms with Gasteiger partial charge in [-0.15, -0.1) is 0 Å². The zero-order chi connectivity index (χ0) is 11.7. The smallest absolute Gasteiger partial charge is 0.0753 e. The van der Waals surface area contributed by atoms with Crippen LogP contribution in [0.2, 0.25) is 0 Å². The molecule has 0 bridgehead atoms. The van der Waals surface area contributed by atoms with Crippen molar-refractivity contribution in [2.45, 2.75) is 59.0 Å². The zero-order valence-electron chi connectivity index (χ0n) is 10.3. The molecule has 3 heteroatoms. The fourth-order valence-corrected chi connectivity index (χ4v) is 1.78.